The zero-order chi connectivity index (χ0) is 16.7. The SMILES string of the molecule is COc1ccc(NC(N)=NCCCc2nc(C)cs2)cc1OC.I. The number of anilines is 1. The quantitative estimate of drug-likeness (QED) is 0.285. The van der Waals surface area contributed by atoms with Crippen LogP contribution in [0.3, 0.4) is 0 Å². The molecular formula is C16H23IN4O2S. The molecule has 24 heavy (non-hydrogen) atoms. The van der Waals surface area contributed by atoms with E-state index in [2.05, 4.69) is 20.7 Å². The summed E-state index contributed by atoms with van der Waals surface area (Å²) in [6, 6.07) is 5.50. The van der Waals surface area contributed by atoms with Crippen molar-refractivity contribution in [3.05, 3.63) is 34.3 Å². The Morgan fingerprint density at radius 3 is 2.67 bits per heavy atom. The molecule has 0 aliphatic rings. The van der Waals surface area contributed by atoms with Crippen LogP contribution in [0.5, 0.6) is 11.5 Å². The standard InChI is InChI=1S/C16H22N4O2S.HI/c1-11-10-23-15(19-11)5-4-8-18-16(17)20-12-6-7-13(21-2)14(9-12)22-3;/h6-7,9-10H,4-5,8H2,1-3H3,(H3,17,18,20);1H. The van der Waals surface area contributed by atoms with Crippen LogP contribution in [0.2, 0.25) is 0 Å². The molecule has 1 aromatic carbocycles. The average Bonchev–Trinajstić information content (AvgIpc) is 2.97. The zero-order valence-corrected chi connectivity index (χ0v) is 17.2. The molecule has 0 radical (unpaired) electrons. The van der Waals surface area contributed by atoms with E-state index in [0.717, 1.165) is 29.2 Å². The number of ether oxygens (including phenoxy) is 2. The minimum absolute atomic E-state index is 0. The first-order chi connectivity index (χ1) is 11.1. The number of aromatic nitrogens is 1. The van der Waals surface area contributed by atoms with Crippen molar-refractivity contribution in [1.82, 2.24) is 4.98 Å². The Labute approximate surface area is 163 Å². The third-order valence-electron chi connectivity index (χ3n) is 3.15. The molecule has 8 heteroatoms. The molecule has 2 aromatic rings. The minimum Gasteiger partial charge on any atom is -0.493 e. The van der Waals surface area contributed by atoms with Crippen LogP contribution in [-0.4, -0.2) is 31.7 Å². The highest BCUT2D eigenvalue weighted by Crippen LogP contribution is 2.29. The normalized spacial score (nSPS) is 10.9. The lowest BCUT2D eigenvalue weighted by Gasteiger charge is -2.10. The van der Waals surface area contributed by atoms with Crippen LogP contribution in [0.1, 0.15) is 17.1 Å². The summed E-state index contributed by atoms with van der Waals surface area (Å²) in [5, 5.41) is 6.25. The third kappa shape index (κ3) is 6.16. The maximum absolute atomic E-state index is 5.91. The number of thiazole rings is 1. The van der Waals surface area contributed by atoms with E-state index in [1.807, 2.05) is 25.1 Å². The smallest absolute Gasteiger partial charge is 0.193 e. The molecule has 0 fully saturated rings. The van der Waals surface area contributed by atoms with Gasteiger partial charge in [0.2, 0.25) is 0 Å². The van der Waals surface area contributed by atoms with Gasteiger partial charge >= 0.3 is 0 Å². The first kappa shape index (κ1) is 20.5. The van der Waals surface area contributed by atoms with Gasteiger partial charge in [-0.1, -0.05) is 0 Å². The molecule has 0 spiro atoms. The van der Waals surface area contributed by atoms with E-state index >= 15 is 0 Å². The summed E-state index contributed by atoms with van der Waals surface area (Å²) >= 11 is 1.69. The Hall–Kier alpha value is -1.55. The number of hydrogen-bond acceptors (Lipinski definition) is 5. The van der Waals surface area contributed by atoms with Crippen molar-refractivity contribution in [3.63, 3.8) is 0 Å². The molecule has 0 unspecified atom stereocenters. The molecule has 1 aromatic heterocycles. The van der Waals surface area contributed by atoms with Gasteiger partial charge < -0.3 is 20.5 Å². The maximum Gasteiger partial charge on any atom is 0.193 e. The van der Waals surface area contributed by atoms with E-state index in [0.29, 0.717) is 24.0 Å². The molecule has 0 bridgehead atoms. The lowest BCUT2D eigenvalue weighted by Crippen LogP contribution is -2.22. The van der Waals surface area contributed by atoms with Crippen LogP contribution in [0, 0.1) is 6.92 Å². The molecule has 0 amide bonds. The molecule has 132 valence electrons. The molecule has 0 atom stereocenters. The minimum atomic E-state index is 0. The van der Waals surface area contributed by atoms with Crippen molar-refractivity contribution in [3.8, 4) is 11.5 Å². The monoisotopic (exact) mass is 462 g/mol. The Morgan fingerprint density at radius 2 is 2.04 bits per heavy atom. The number of nitrogens with one attached hydrogen (secondary N) is 1. The van der Waals surface area contributed by atoms with Crippen molar-refractivity contribution >= 4 is 47.0 Å². The van der Waals surface area contributed by atoms with Gasteiger partial charge in [0.1, 0.15) is 0 Å². The zero-order valence-electron chi connectivity index (χ0n) is 14.0. The molecule has 0 aliphatic heterocycles. The van der Waals surface area contributed by atoms with Gasteiger partial charge in [-0.25, -0.2) is 4.98 Å². The van der Waals surface area contributed by atoms with Gasteiger partial charge in [0.25, 0.3) is 0 Å². The lowest BCUT2D eigenvalue weighted by atomic mass is 10.3. The third-order valence-corrected chi connectivity index (χ3v) is 4.18. The van der Waals surface area contributed by atoms with Crippen LogP contribution >= 0.6 is 35.3 Å². The molecule has 0 saturated heterocycles. The lowest BCUT2D eigenvalue weighted by molar-refractivity contribution is 0.355. The molecule has 0 saturated carbocycles. The van der Waals surface area contributed by atoms with E-state index in [4.69, 9.17) is 15.2 Å². The largest absolute Gasteiger partial charge is 0.493 e. The second-order valence-electron chi connectivity index (χ2n) is 4.95. The summed E-state index contributed by atoms with van der Waals surface area (Å²) in [6.45, 7) is 2.66. The van der Waals surface area contributed by atoms with Crippen LogP contribution in [0.15, 0.2) is 28.6 Å². The molecule has 2 rings (SSSR count). The number of halogens is 1. The van der Waals surface area contributed by atoms with E-state index in [1.165, 1.54) is 0 Å². The van der Waals surface area contributed by atoms with E-state index in [1.54, 1.807) is 25.6 Å². The second kappa shape index (κ2) is 10.3. The molecule has 1 heterocycles. The summed E-state index contributed by atoms with van der Waals surface area (Å²) < 4.78 is 10.5. The highest BCUT2D eigenvalue weighted by Gasteiger charge is 2.05. The van der Waals surface area contributed by atoms with E-state index in [9.17, 15) is 0 Å². The predicted molar refractivity (Wildman–Crippen MR) is 110 cm³/mol. The number of guanidine groups is 1. The number of hydrogen-bond donors (Lipinski definition) is 2. The van der Waals surface area contributed by atoms with Crippen molar-refractivity contribution in [2.75, 3.05) is 26.1 Å². The topological polar surface area (TPSA) is 81.8 Å². The summed E-state index contributed by atoms with van der Waals surface area (Å²) in [4.78, 5) is 8.76. The number of rotatable bonds is 7. The Balaban J connectivity index is 0.00000288. The van der Waals surface area contributed by atoms with Crippen molar-refractivity contribution in [2.45, 2.75) is 19.8 Å². The highest BCUT2D eigenvalue weighted by molar-refractivity contribution is 14.0. The van der Waals surface area contributed by atoms with Gasteiger partial charge in [0.05, 0.1) is 19.2 Å². The second-order valence-corrected chi connectivity index (χ2v) is 5.89. The number of nitrogens with two attached hydrogens (primary N) is 1. The van der Waals surface area contributed by atoms with Crippen LogP contribution in [0.25, 0.3) is 0 Å². The highest BCUT2D eigenvalue weighted by atomic mass is 127. The molecular weight excluding hydrogens is 439 g/mol. The van der Waals surface area contributed by atoms with Crippen LogP contribution < -0.4 is 20.5 Å². The number of methoxy groups -OCH3 is 2. The fourth-order valence-electron chi connectivity index (χ4n) is 2.05. The average molecular weight is 462 g/mol. The number of aryl methyl sites for hydroxylation is 2. The Kier molecular flexibility index (Phi) is 8.83. The number of aliphatic imine (C=N–C) groups is 1. The van der Waals surface area contributed by atoms with Crippen LogP contribution in [-0.2, 0) is 6.42 Å². The Bertz CT molecular complexity index is 676. The van der Waals surface area contributed by atoms with Crippen LogP contribution in [0.4, 0.5) is 5.69 Å². The fourth-order valence-corrected chi connectivity index (χ4v) is 2.87. The van der Waals surface area contributed by atoms with Crippen molar-refractivity contribution in [2.24, 2.45) is 10.7 Å². The molecule has 3 N–H and O–H groups in total. The van der Waals surface area contributed by atoms with Gasteiger partial charge in [0.15, 0.2) is 17.5 Å². The van der Waals surface area contributed by atoms with Crippen molar-refractivity contribution in [1.29, 1.82) is 0 Å². The van der Waals surface area contributed by atoms with Gasteiger partial charge in [0, 0.05) is 35.8 Å². The fraction of sp³-hybridized carbons (Fsp3) is 0.375. The summed E-state index contributed by atoms with van der Waals surface area (Å²) in [7, 11) is 3.20. The molecule has 0 aliphatic carbocycles. The van der Waals surface area contributed by atoms with Gasteiger partial charge in [-0.2, -0.15) is 0 Å². The van der Waals surface area contributed by atoms with E-state index in [-0.39, 0.29) is 24.0 Å². The first-order valence-electron chi connectivity index (χ1n) is 7.32. The van der Waals surface area contributed by atoms with Gasteiger partial charge in [-0.15, -0.1) is 35.3 Å². The number of nitrogens with zero attached hydrogens (tertiary/aromatic N) is 2. The first-order valence-corrected chi connectivity index (χ1v) is 8.20. The summed E-state index contributed by atoms with van der Waals surface area (Å²) in [5.41, 5.74) is 7.78. The van der Waals surface area contributed by atoms with Gasteiger partial charge in [-0.05, 0) is 25.5 Å². The Morgan fingerprint density at radius 1 is 1.29 bits per heavy atom. The number of benzene rings is 1. The van der Waals surface area contributed by atoms with Crippen molar-refractivity contribution < 1.29 is 9.47 Å². The molecule has 6 nitrogen and oxygen atoms in total. The maximum atomic E-state index is 5.91. The predicted octanol–water partition coefficient (Wildman–Crippen LogP) is 3.45. The summed E-state index contributed by atoms with van der Waals surface area (Å²) in [6.07, 6.45) is 1.84. The van der Waals surface area contributed by atoms with Gasteiger partial charge in [-0.3, -0.25) is 4.99 Å². The summed E-state index contributed by atoms with van der Waals surface area (Å²) in [5.74, 6) is 1.70. The van der Waals surface area contributed by atoms with E-state index < -0.39 is 0 Å².